The summed E-state index contributed by atoms with van der Waals surface area (Å²) in [5.41, 5.74) is 3.12. The highest BCUT2D eigenvalue weighted by molar-refractivity contribution is 6.61. The maximum absolute atomic E-state index is 12.6. The maximum atomic E-state index is 12.6. The molecule has 3 rings (SSSR count). The third-order valence-corrected chi connectivity index (χ3v) is 4.12. The molecule has 1 aromatic heterocycles. The highest BCUT2D eigenvalue weighted by Gasteiger charge is 2.29. The fraction of sp³-hybridized carbons (Fsp3) is 0.250. The summed E-state index contributed by atoms with van der Waals surface area (Å²) in [6, 6.07) is 9.03. The lowest BCUT2D eigenvalue weighted by atomic mass is 9.78. The second kappa shape index (κ2) is 5.91. The largest absolute Gasteiger partial charge is 0.491 e. The van der Waals surface area contributed by atoms with Crippen LogP contribution in [0.3, 0.4) is 0 Å². The van der Waals surface area contributed by atoms with Crippen LogP contribution in [0.2, 0.25) is 0 Å². The zero-order chi connectivity index (χ0) is 15.7. The standard InChI is InChI=1S/C16H17BN2O3/c1-11(13-4-3-7-18-9-13)19(2)16(20)12-5-6-14-10-22-17(21)15(14)8-12/h3-9,11,21H,10H2,1-2H3. The summed E-state index contributed by atoms with van der Waals surface area (Å²) in [6.07, 6.45) is 3.47. The van der Waals surface area contributed by atoms with Gasteiger partial charge in [-0.2, -0.15) is 0 Å². The van der Waals surface area contributed by atoms with Crippen molar-refractivity contribution in [2.75, 3.05) is 7.05 Å². The number of pyridine rings is 1. The Kier molecular flexibility index (Phi) is 3.96. The number of hydrogen-bond donors (Lipinski definition) is 1. The SMILES string of the molecule is CC(c1cccnc1)N(C)C(=O)c1ccc2c(c1)B(O)OC2. The molecule has 6 heteroatoms. The third kappa shape index (κ3) is 2.63. The number of amides is 1. The van der Waals surface area contributed by atoms with Crippen molar-refractivity contribution in [2.24, 2.45) is 0 Å². The van der Waals surface area contributed by atoms with Crippen molar-refractivity contribution in [3.05, 3.63) is 59.4 Å². The number of rotatable bonds is 3. The zero-order valence-corrected chi connectivity index (χ0v) is 12.6. The molecule has 0 saturated heterocycles. The molecular formula is C16H17BN2O3. The van der Waals surface area contributed by atoms with E-state index in [9.17, 15) is 9.82 Å². The summed E-state index contributed by atoms with van der Waals surface area (Å²) in [4.78, 5) is 18.4. The van der Waals surface area contributed by atoms with Gasteiger partial charge in [0.2, 0.25) is 0 Å². The molecule has 5 nitrogen and oxygen atoms in total. The lowest BCUT2D eigenvalue weighted by molar-refractivity contribution is 0.0742. The van der Waals surface area contributed by atoms with Crippen LogP contribution in [0.5, 0.6) is 0 Å². The fourth-order valence-electron chi connectivity index (χ4n) is 2.57. The number of nitrogens with zero attached hydrogens (tertiary/aromatic N) is 2. The first-order valence-electron chi connectivity index (χ1n) is 7.17. The van der Waals surface area contributed by atoms with E-state index in [4.69, 9.17) is 4.65 Å². The number of aromatic nitrogens is 1. The van der Waals surface area contributed by atoms with Gasteiger partial charge in [-0.05, 0) is 41.7 Å². The zero-order valence-electron chi connectivity index (χ0n) is 12.6. The highest BCUT2D eigenvalue weighted by Crippen LogP contribution is 2.20. The normalized spacial score (nSPS) is 14.6. The van der Waals surface area contributed by atoms with Crippen LogP contribution in [0, 0.1) is 0 Å². The first-order chi connectivity index (χ1) is 10.6. The predicted octanol–water partition coefficient (Wildman–Crippen LogP) is 1.13. The Labute approximate surface area is 129 Å². The van der Waals surface area contributed by atoms with Gasteiger partial charge in [0.15, 0.2) is 0 Å². The number of carbonyl (C=O) groups excluding carboxylic acids is 1. The van der Waals surface area contributed by atoms with E-state index in [2.05, 4.69) is 4.98 Å². The number of benzene rings is 1. The molecule has 0 bridgehead atoms. The van der Waals surface area contributed by atoms with Crippen molar-refractivity contribution in [1.82, 2.24) is 9.88 Å². The van der Waals surface area contributed by atoms with Gasteiger partial charge in [0, 0.05) is 25.0 Å². The Bertz CT molecular complexity index is 693. The van der Waals surface area contributed by atoms with Gasteiger partial charge in [-0.25, -0.2) is 0 Å². The van der Waals surface area contributed by atoms with Crippen molar-refractivity contribution in [2.45, 2.75) is 19.6 Å². The average molecular weight is 296 g/mol. The summed E-state index contributed by atoms with van der Waals surface area (Å²) in [7, 11) is 0.823. The Morgan fingerprint density at radius 3 is 3.00 bits per heavy atom. The van der Waals surface area contributed by atoms with Gasteiger partial charge in [0.25, 0.3) is 5.91 Å². The van der Waals surface area contributed by atoms with Crippen LogP contribution >= 0.6 is 0 Å². The summed E-state index contributed by atoms with van der Waals surface area (Å²) in [6.45, 7) is 2.34. The van der Waals surface area contributed by atoms with Gasteiger partial charge < -0.3 is 14.6 Å². The summed E-state index contributed by atoms with van der Waals surface area (Å²) in [5.74, 6) is -0.0988. The molecule has 1 aromatic carbocycles. The monoisotopic (exact) mass is 296 g/mol. The third-order valence-electron chi connectivity index (χ3n) is 4.12. The minimum absolute atomic E-state index is 0.0874. The molecule has 0 spiro atoms. The van der Waals surface area contributed by atoms with Gasteiger partial charge in [-0.1, -0.05) is 12.1 Å². The first kappa shape index (κ1) is 14.7. The van der Waals surface area contributed by atoms with E-state index in [1.54, 1.807) is 36.5 Å². The Hall–Kier alpha value is -2.18. The Morgan fingerprint density at radius 2 is 2.27 bits per heavy atom. The molecule has 1 atom stereocenters. The molecule has 2 aromatic rings. The minimum Gasteiger partial charge on any atom is -0.423 e. The van der Waals surface area contributed by atoms with E-state index in [1.165, 1.54) is 0 Å². The van der Waals surface area contributed by atoms with Gasteiger partial charge in [0.1, 0.15) is 0 Å². The van der Waals surface area contributed by atoms with Crippen molar-refractivity contribution in [1.29, 1.82) is 0 Å². The van der Waals surface area contributed by atoms with E-state index in [-0.39, 0.29) is 11.9 Å². The van der Waals surface area contributed by atoms with E-state index in [1.807, 2.05) is 25.1 Å². The fourth-order valence-corrected chi connectivity index (χ4v) is 2.57. The second-order valence-corrected chi connectivity index (χ2v) is 5.46. The summed E-state index contributed by atoms with van der Waals surface area (Å²) >= 11 is 0. The molecule has 1 amide bonds. The molecule has 1 unspecified atom stereocenters. The van der Waals surface area contributed by atoms with Crippen LogP contribution in [-0.4, -0.2) is 35.0 Å². The van der Waals surface area contributed by atoms with Gasteiger partial charge >= 0.3 is 7.12 Å². The molecule has 0 fully saturated rings. The van der Waals surface area contributed by atoms with Crippen molar-refractivity contribution in [3.63, 3.8) is 0 Å². The number of fused-ring (bicyclic) bond motifs is 1. The molecule has 2 heterocycles. The smallest absolute Gasteiger partial charge is 0.423 e. The second-order valence-electron chi connectivity index (χ2n) is 5.46. The molecule has 112 valence electrons. The molecule has 1 aliphatic rings. The van der Waals surface area contributed by atoms with Crippen LogP contribution in [0.1, 0.15) is 34.5 Å². The lowest BCUT2D eigenvalue weighted by Gasteiger charge is -2.25. The first-order valence-corrected chi connectivity index (χ1v) is 7.17. The van der Waals surface area contributed by atoms with Crippen molar-refractivity contribution < 1.29 is 14.5 Å². The average Bonchev–Trinajstić information content (AvgIpc) is 2.94. The molecular weight excluding hydrogens is 279 g/mol. The predicted molar refractivity (Wildman–Crippen MR) is 83.6 cm³/mol. The minimum atomic E-state index is -0.941. The van der Waals surface area contributed by atoms with E-state index in [0.29, 0.717) is 17.6 Å². The molecule has 1 N–H and O–H groups in total. The molecule has 0 saturated carbocycles. The molecule has 1 aliphatic heterocycles. The van der Waals surface area contributed by atoms with Gasteiger partial charge in [-0.3, -0.25) is 9.78 Å². The number of carbonyl (C=O) groups is 1. The van der Waals surface area contributed by atoms with Crippen molar-refractivity contribution >= 4 is 18.5 Å². The Morgan fingerprint density at radius 1 is 1.45 bits per heavy atom. The summed E-state index contributed by atoms with van der Waals surface area (Å²) in [5, 5.41) is 9.76. The molecule has 0 aliphatic carbocycles. The van der Waals surface area contributed by atoms with Crippen LogP contribution < -0.4 is 5.46 Å². The topological polar surface area (TPSA) is 62.7 Å². The van der Waals surface area contributed by atoms with Gasteiger partial charge in [-0.15, -0.1) is 0 Å². The van der Waals surface area contributed by atoms with Crippen LogP contribution in [-0.2, 0) is 11.3 Å². The van der Waals surface area contributed by atoms with E-state index in [0.717, 1.165) is 11.1 Å². The van der Waals surface area contributed by atoms with Crippen LogP contribution in [0.15, 0.2) is 42.7 Å². The summed E-state index contributed by atoms with van der Waals surface area (Å²) < 4.78 is 5.16. The van der Waals surface area contributed by atoms with Gasteiger partial charge in [0.05, 0.1) is 12.6 Å². The van der Waals surface area contributed by atoms with E-state index < -0.39 is 7.12 Å². The van der Waals surface area contributed by atoms with Crippen molar-refractivity contribution in [3.8, 4) is 0 Å². The highest BCUT2D eigenvalue weighted by atomic mass is 16.5. The van der Waals surface area contributed by atoms with E-state index >= 15 is 0 Å². The molecule has 0 radical (unpaired) electrons. The van der Waals surface area contributed by atoms with Crippen LogP contribution in [0.25, 0.3) is 0 Å². The van der Waals surface area contributed by atoms with Crippen LogP contribution in [0.4, 0.5) is 0 Å². The number of hydrogen-bond acceptors (Lipinski definition) is 4. The molecule has 22 heavy (non-hydrogen) atoms. The quantitative estimate of drug-likeness (QED) is 0.863. The Balaban J connectivity index is 1.83. The maximum Gasteiger partial charge on any atom is 0.491 e. The lowest BCUT2D eigenvalue weighted by Crippen LogP contribution is -2.32.